The number of benzene rings is 2. The molecule has 0 aliphatic carbocycles. The average Bonchev–Trinajstić information content (AvgIpc) is 2.65. The molecule has 0 radical (unpaired) electrons. The van der Waals surface area contributed by atoms with Gasteiger partial charge < -0.3 is 16.0 Å². The molecule has 0 heterocycles. The summed E-state index contributed by atoms with van der Waals surface area (Å²) in [5, 5.41) is 8.87. The standard InChI is InChI=1S/C20H21Cl2N3O3/c1-2-3-18(26)25-15-7-4-13(5-8-15)19(27)23-10-11-24-20(28)16-9-6-14(21)12-17(16)22/h4-9,12H,2-3,10-11H2,1H3,(H,23,27)(H,24,28)(H,25,26). The highest BCUT2D eigenvalue weighted by Crippen LogP contribution is 2.20. The van der Waals surface area contributed by atoms with E-state index in [9.17, 15) is 14.4 Å². The van der Waals surface area contributed by atoms with E-state index in [1.54, 1.807) is 36.4 Å². The molecule has 2 aromatic carbocycles. The first-order chi connectivity index (χ1) is 13.4. The monoisotopic (exact) mass is 421 g/mol. The zero-order valence-electron chi connectivity index (χ0n) is 15.4. The predicted octanol–water partition coefficient (Wildman–Crippen LogP) is 3.89. The van der Waals surface area contributed by atoms with E-state index in [2.05, 4.69) is 16.0 Å². The van der Waals surface area contributed by atoms with Crippen LogP contribution in [0.1, 0.15) is 40.5 Å². The maximum absolute atomic E-state index is 12.1. The van der Waals surface area contributed by atoms with E-state index in [-0.39, 0.29) is 35.8 Å². The molecule has 2 aromatic rings. The SMILES string of the molecule is CCCC(=O)Nc1ccc(C(=O)NCCNC(=O)c2ccc(Cl)cc2Cl)cc1. The van der Waals surface area contributed by atoms with Crippen LogP contribution in [0.2, 0.25) is 10.0 Å². The number of halogens is 2. The van der Waals surface area contributed by atoms with E-state index in [1.165, 1.54) is 6.07 Å². The molecule has 8 heteroatoms. The molecular formula is C20H21Cl2N3O3. The van der Waals surface area contributed by atoms with Crippen molar-refractivity contribution in [1.82, 2.24) is 10.6 Å². The van der Waals surface area contributed by atoms with Crippen LogP contribution in [0.25, 0.3) is 0 Å². The molecule has 0 fully saturated rings. The predicted molar refractivity (Wildman–Crippen MR) is 111 cm³/mol. The van der Waals surface area contributed by atoms with Crippen LogP contribution in [0.5, 0.6) is 0 Å². The average molecular weight is 422 g/mol. The lowest BCUT2D eigenvalue weighted by molar-refractivity contribution is -0.116. The Labute approximate surface area is 173 Å². The van der Waals surface area contributed by atoms with Crippen LogP contribution in [-0.4, -0.2) is 30.8 Å². The van der Waals surface area contributed by atoms with E-state index >= 15 is 0 Å². The lowest BCUT2D eigenvalue weighted by atomic mass is 10.2. The molecule has 0 aromatic heterocycles. The highest BCUT2D eigenvalue weighted by molar-refractivity contribution is 6.36. The molecule has 28 heavy (non-hydrogen) atoms. The number of carbonyl (C=O) groups is 3. The second kappa shape index (κ2) is 10.7. The molecule has 0 aliphatic heterocycles. The van der Waals surface area contributed by atoms with Crippen LogP contribution >= 0.6 is 23.2 Å². The normalized spacial score (nSPS) is 10.2. The van der Waals surface area contributed by atoms with Crippen molar-refractivity contribution in [1.29, 1.82) is 0 Å². The van der Waals surface area contributed by atoms with Gasteiger partial charge in [-0.25, -0.2) is 0 Å². The number of hydrogen-bond acceptors (Lipinski definition) is 3. The van der Waals surface area contributed by atoms with Gasteiger partial charge in [0.2, 0.25) is 5.91 Å². The minimum atomic E-state index is -0.344. The van der Waals surface area contributed by atoms with Gasteiger partial charge in [-0.3, -0.25) is 14.4 Å². The topological polar surface area (TPSA) is 87.3 Å². The second-order valence-electron chi connectivity index (χ2n) is 6.01. The molecule has 3 amide bonds. The third kappa shape index (κ3) is 6.55. The summed E-state index contributed by atoms with van der Waals surface area (Å²) in [7, 11) is 0. The lowest BCUT2D eigenvalue weighted by Crippen LogP contribution is -2.34. The first-order valence-corrected chi connectivity index (χ1v) is 9.57. The van der Waals surface area contributed by atoms with Gasteiger partial charge >= 0.3 is 0 Å². The van der Waals surface area contributed by atoms with E-state index < -0.39 is 0 Å². The Kier molecular flexibility index (Phi) is 8.29. The van der Waals surface area contributed by atoms with Gasteiger partial charge in [0.15, 0.2) is 0 Å². The Bertz CT molecular complexity index is 854. The number of nitrogens with one attached hydrogen (secondary N) is 3. The smallest absolute Gasteiger partial charge is 0.252 e. The van der Waals surface area contributed by atoms with E-state index in [1.807, 2.05) is 6.92 Å². The maximum atomic E-state index is 12.1. The second-order valence-corrected chi connectivity index (χ2v) is 6.86. The Morgan fingerprint density at radius 1 is 0.893 bits per heavy atom. The summed E-state index contributed by atoms with van der Waals surface area (Å²) in [4.78, 5) is 35.8. The van der Waals surface area contributed by atoms with Gasteiger partial charge in [-0.05, 0) is 48.9 Å². The van der Waals surface area contributed by atoms with Crippen molar-refractivity contribution in [3.63, 3.8) is 0 Å². The molecule has 0 unspecified atom stereocenters. The van der Waals surface area contributed by atoms with Crippen LogP contribution in [0.15, 0.2) is 42.5 Å². The highest BCUT2D eigenvalue weighted by atomic mass is 35.5. The maximum Gasteiger partial charge on any atom is 0.252 e. The number of hydrogen-bond donors (Lipinski definition) is 3. The van der Waals surface area contributed by atoms with Crippen LogP contribution in [-0.2, 0) is 4.79 Å². The molecule has 0 aliphatic rings. The molecule has 148 valence electrons. The van der Waals surface area contributed by atoms with Crippen molar-refractivity contribution in [3.05, 3.63) is 63.6 Å². The minimum absolute atomic E-state index is 0.0590. The van der Waals surface area contributed by atoms with E-state index in [0.717, 1.165) is 6.42 Å². The molecule has 6 nitrogen and oxygen atoms in total. The van der Waals surface area contributed by atoms with Gasteiger partial charge in [-0.1, -0.05) is 30.1 Å². The number of carbonyl (C=O) groups excluding carboxylic acids is 3. The van der Waals surface area contributed by atoms with Gasteiger partial charge in [0.05, 0.1) is 10.6 Å². The fourth-order valence-electron chi connectivity index (χ4n) is 2.38. The first kappa shape index (κ1) is 21.7. The van der Waals surface area contributed by atoms with Crippen molar-refractivity contribution in [2.75, 3.05) is 18.4 Å². The Morgan fingerprint density at radius 2 is 1.54 bits per heavy atom. The molecule has 0 saturated heterocycles. The van der Waals surface area contributed by atoms with Crippen molar-refractivity contribution in [2.45, 2.75) is 19.8 Å². The molecule has 2 rings (SSSR count). The highest BCUT2D eigenvalue weighted by Gasteiger charge is 2.11. The summed E-state index contributed by atoms with van der Waals surface area (Å²) in [6.07, 6.45) is 1.22. The van der Waals surface area contributed by atoms with Crippen molar-refractivity contribution in [3.8, 4) is 0 Å². The summed E-state index contributed by atoms with van der Waals surface area (Å²) < 4.78 is 0. The van der Waals surface area contributed by atoms with E-state index in [4.69, 9.17) is 23.2 Å². The number of rotatable bonds is 8. The fourth-order valence-corrected chi connectivity index (χ4v) is 2.87. The summed E-state index contributed by atoms with van der Waals surface area (Å²) >= 11 is 11.8. The Balaban J connectivity index is 1.77. The summed E-state index contributed by atoms with van der Waals surface area (Å²) in [5.74, 6) is -0.676. The van der Waals surface area contributed by atoms with E-state index in [0.29, 0.717) is 28.3 Å². The largest absolute Gasteiger partial charge is 0.350 e. The van der Waals surface area contributed by atoms with Crippen LogP contribution < -0.4 is 16.0 Å². The third-order valence-corrected chi connectivity index (χ3v) is 4.33. The van der Waals surface area contributed by atoms with Crippen LogP contribution in [0, 0.1) is 0 Å². The quantitative estimate of drug-likeness (QED) is 0.564. The zero-order chi connectivity index (χ0) is 20.5. The molecular weight excluding hydrogens is 401 g/mol. The van der Waals surface area contributed by atoms with Gasteiger partial charge in [0, 0.05) is 35.8 Å². The molecule has 0 saturated carbocycles. The minimum Gasteiger partial charge on any atom is -0.350 e. The third-order valence-electron chi connectivity index (χ3n) is 3.78. The molecule has 0 spiro atoms. The summed E-state index contributed by atoms with van der Waals surface area (Å²) in [6.45, 7) is 2.43. The zero-order valence-corrected chi connectivity index (χ0v) is 16.9. The fraction of sp³-hybridized carbons (Fsp3) is 0.250. The lowest BCUT2D eigenvalue weighted by Gasteiger charge is -2.09. The van der Waals surface area contributed by atoms with Crippen LogP contribution in [0.3, 0.4) is 0 Å². The van der Waals surface area contributed by atoms with Crippen LogP contribution in [0.4, 0.5) is 5.69 Å². The van der Waals surface area contributed by atoms with Gasteiger partial charge in [0.1, 0.15) is 0 Å². The summed E-state index contributed by atoms with van der Waals surface area (Å²) in [5.41, 5.74) is 1.42. The van der Waals surface area contributed by atoms with Crippen molar-refractivity contribution >= 4 is 46.6 Å². The number of amides is 3. The molecule has 3 N–H and O–H groups in total. The Hall–Kier alpha value is -2.57. The molecule has 0 bridgehead atoms. The first-order valence-electron chi connectivity index (χ1n) is 8.82. The van der Waals surface area contributed by atoms with Gasteiger partial charge in [0.25, 0.3) is 11.8 Å². The van der Waals surface area contributed by atoms with Crippen molar-refractivity contribution < 1.29 is 14.4 Å². The molecule has 0 atom stereocenters. The van der Waals surface area contributed by atoms with Crippen molar-refractivity contribution in [2.24, 2.45) is 0 Å². The van der Waals surface area contributed by atoms with Gasteiger partial charge in [-0.2, -0.15) is 0 Å². The Morgan fingerprint density at radius 3 is 2.14 bits per heavy atom. The number of anilines is 1. The summed E-state index contributed by atoms with van der Waals surface area (Å²) in [6, 6.07) is 11.2. The van der Waals surface area contributed by atoms with Gasteiger partial charge in [-0.15, -0.1) is 0 Å².